The monoisotopic (exact) mass is 453 g/mol. The molecular weight excluding hydrogens is 422 g/mol. The number of fused-ring (bicyclic) bond motifs is 1. The number of nitrogens with zero attached hydrogens (tertiary/aromatic N) is 5. The smallest absolute Gasteiger partial charge is 0.264 e. The van der Waals surface area contributed by atoms with Crippen LogP contribution in [0.3, 0.4) is 0 Å². The van der Waals surface area contributed by atoms with Gasteiger partial charge in [-0.05, 0) is 45.4 Å². The highest BCUT2D eigenvalue weighted by Gasteiger charge is 2.28. The highest BCUT2D eigenvalue weighted by atomic mass is 32.1. The van der Waals surface area contributed by atoms with Gasteiger partial charge in [-0.2, -0.15) is 0 Å². The maximum Gasteiger partial charge on any atom is 0.264 e. The molecule has 32 heavy (non-hydrogen) atoms. The first-order chi connectivity index (χ1) is 15.5. The Morgan fingerprint density at radius 1 is 1.09 bits per heavy atom. The third-order valence-electron chi connectivity index (χ3n) is 6.13. The summed E-state index contributed by atoms with van der Waals surface area (Å²) in [6, 6.07) is 8.04. The molecule has 1 saturated heterocycles. The predicted molar refractivity (Wildman–Crippen MR) is 132 cm³/mol. The molecule has 1 aromatic carbocycles. The maximum atomic E-state index is 13.5. The van der Waals surface area contributed by atoms with Crippen LogP contribution >= 0.6 is 11.3 Å². The van der Waals surface area contributed by atoms with Gasteiger partial charge in [0, 0.05) is 39.3 Å². The molecule has 1 amide bonds. The Balaban J connectivity index is 1.58. The minimum atomic E-state index is 0.0910. The summed E-state index contributed by atoms with van der Waals surface area (Å²) in [4.78, 5) is 31.0. The number of hydrogen-bond donors (Lipinski definition) is 0. The summed E-state index contributed by atoms with van der Waals surface area (Å²) in [6.07, 6.45) is 0. The van der Waals surface area contributed by atoms with Crippen molar-refractivity contribution in [3.63, 3.8) is 0 Å². The van der Waals surface area contributed by atoms with Crippen molar-refractivity contribution in [1.29, 1.82) is 0 Å². The normalized spacial score (nSPS) is 14.2. The molecule has 170 valence electrons. The molecule has 0 radical (unpaired) electrons. The number of benzene rings is 1. The Bertz CT molecular complexity index is 1120. The first kappa shape index (κ1) is 22.3. The van der Waals surface area contributed by atoms with Crippen LogP contribution in [0.4, 0.5) is 11.5 Å². The number of piperazine rings is 1. The van der Waals surface area contributed by atoms with E-state index in [1.807, 2.05) is 36.9 Å². The number of thiophene rings is 1. The minimum absolute atomic E-state index is 0.0910. The van der Waals surface area contributed by atoms with Crippen molar-refractivity contribution >= 4 is 39.0 Å². The molecule has 0 spiro atoms. The van der Waals surface area contributed by atoms with Crippen molar-refractivity contribution < 1.29 is 9.53 Å². The number of rotatable bonds is 6. The fraction of sp³-hybridized carbons (Fsp3) is 0.458. The summed E-state index contributed by atoms with van der Waals surface area (Å²) < 4.78 is 5.51. The number of anilines is 2. The number of para-hydroxylation sites is 2. The van der Waals surface area contributed by atoms with Crippen LogP contribution in [-0.2, 0) is 0 Å². The SMILES string of the molecule is CCN(CC)c1nc(C)nc2sc(C(=O)N3CCN(c4ccccc4OC)CC3)c(C)c12. The molecule has 1 aliphatic rings. The Kier molecular flexibility index (Phi) is 6.50. The van der Waals surface area contributed by atoms with E-state index in [-0.39, 0.29) is 5.91 Å². The van der Waals surface area contributed by atoms with Crippen molar-refractivity contribution in [2.45, 2.75) is 27.7 Å². The highest BCUT2D eigenvalue weighted by Crippen LogP contribution is 2.36. The summed E-state index contributed by atoms with van der Waals surface area (Å²) in [6.45, 7) is 12.8. The van der Waals surface area contributed by atoms with Crippen molar-refractivity contribution in [2.75, 3.05) is 56.2 Å². The number of amides is 1. The van der Waals surface area contributed by atoms with Gasteiger partial charge < -0.3 is 19.4 Å². The van der Waals surface area contributed by atoms with E-state index in [9.17, 15) is 4.79 Å². The Labute approximate surface area is 193 Å². The average Bonchev–Trinajstić information content (AvgIpc) is 3.15. The lowest BCUT2D eigenvalue weighted by Gasteiger charge is -2.36. The van der Waals surface area contributed by atoms with Crippen molar-refractivity contribution in [3.8, 4) is 5.75 Å². The molecule has 0 saturated carbocycles. The van der Waals surface area contributed by atoms with Crippen LogP contribution in [-0.4, -0.2) is 67.2 Å². The van der Waals surface area contributed by atoms with Crippen LogP contribution in [0, 0.1) is 13.8 Å². The lowest BCUT2D eigenvalue weighted by atomic mass is 10.1. The van der Waals surface area contributed by atoms with E-state index in [1.165, 1.54) is 11.3 Å². The van der Waals surface area contributed by atoms with Gasteiger partial charge in [0.25, 0.3) is 5.91 Å². The van der Waals surface area contributed by atoms with Gasteiger partial charge in [0.15, 0.2) is 0 Å². The molecule has 0 unspecified atom stereocenters. The summed E-state index contributed by atoms with van der Waals surface area (Å²) in [7, 11) is 1.69. The van der Waals surface area contributed by atoms with Crippen LogP contribution in [0.1, 0.15) is 34.9 Å². The van der Waals surface area contributed by atoms with E-state index in [4.69, 9.17) is 9.72 Å². The van der Waals surface area contributed by atoms with Crippen molar-refractivity contribution in [2.24, 2.45) is 0 Å². The van der Waals surface area contributed by atoms with Gasteiger partial charge in [0.1, 0.15) is 22.2 Å². The molecule has 4 rings (SSSR count). The average molecular weight is 454 g/mol. The lowest BCUT2D eigenvalue weighted by molar-refractivity contribution is 0.0751. The first-order valence-corrected chi connectivity index (χ1v) is 12.0. The van der Waals surface area contributed by atoms with Gasteiger partial charge in [-0.25, -0.2) is 9.97 Å². The summed E-state index contributed by atoms with van der Waals surface area (Å²) in [5.74, 6) is 2.63. The van der Waals surface area contributed by atoms with Crippen LogP contribution in [0.15, 0.2) is 24.3 Å². The van der Waals surface area contributed by atoms with E-state index in [0.29, 0.717) is 13.1 Å². The van der Waals surface area contributed by atoms with Crippen molar-refractivity contribution in [3.05, 3.63) is 40.5 Å². The fourth-order valence-electron chi connectivity index (χ4n) is 4.36. The molecule has 2 aromatic heterocycles. The molecule has 7 nitrogen and oxygen atoms in total. The standard InChI is InChI=1S/C24H31N5O2S/c1-6-27(7-2)22-20-16(3)21(32-23(20)26-17(4)25-22)24(30)29-14-12-28(13-15-29)18-10-8-9-11-19(18)31-5/h8-11H,6-7,12-15H2,1-5H3. The third kappa shape index (κ3) is 3.99. The van der Waals surface area contributed by atoms with E-state index in [1.54, 1.807) is 7.11 Å². The second kappa shape index (κ2) is 9.32. The van der Waals surface area contributed by atoms with E-state index in [2.05, 4.69) is 34.7 Å². The highest BCUT2D eigenvalue weighted by molar-refractivity contribution is 7.20. The van der Waals surface area contributed by atoms with E-state index >= 15 is 0 Å². The quantitative estimate of drug-likeness (QED) is 0.559. The molecule has 1 aliphatic heterocycles. The first-order valence-electron chi connectivity index (χ1n) is 11.2. The van der Waals surface area contributed by atoms with Crippen LogP contribution in [0.25, 0.3) is 10.2 Å². The van der Waals surface area contributed by atoms with Gasteiger partial charge in [0.2, 0.25) is 0 Å². The molecule has 0 N–H and O–H groups in total. The summed E-state index contributed by atoms with van der Waals surface area (Å²) >= 11 is 1.49. The largest absolute Gasteiger partial charge is 0.495 e. The second-order valence-corrected chi connectivity index (χ2v) is 8.95. The number of hydrogen-bond acceptors (Lipinski definition) is 7. The fourth-order valence-corrected chi connectivity index (χ4v) is 5.55. The Hall–Kier alpha value is -2.87. The molecule has 1 fully saturated rings. The zero-order chi connectivity index (χ0) is 22.8. The number of carbonyl (C=O) groups excluding carboxylic acids is 1. The number of ether oxygens (including phenoxy) is 1. The van der Waals surface area contributed by atoms with Crippen molar-refractivity contribution in [1.82, 2.24) is 14.9 Å². The minimum Gasteiger partial charge on any atom is -0.495 e. The molecular formula is C24H31N5O2S. The number of carbonyl (C=O) groups is 1. The van der Waals surface area contributed by atoms with E-state index in [0.717, 1.165) is 69.9 Å². The Morgan fingerprint density at radius 3 is 2.44 bits per heavy atom. The maximum absolute atomic E-state index is 13.5. The molecule has 3 aromatic rings. The molecule has 0 aliphatic carbocycles. The molecule has 0 bridgehead atoms. The van der Waals surface area contributed by atoms with Crippen LogP contribution < -0.4 is 14.5 Å². The van der Waals surface area contributed by atoms with Gasteiger partial charge in [0.05, 0.1) is 23.1 Å². The van der Waals surface area contributed by atoms with Gasteiger partial charge >= 0.3 is 0 Å². The van der Waals surface area contributed by atoms with Gasteiger partial charge in [-0.15, -0.1) is 11.3 Å². The summed E-state index contributed by atoms with van der Waals surface area (Å²) in [5, 5.41) is 1.01. The lowest BCUT2D eigenvalue weighted by Crippen LogP contribution is -2.48. The van der Waals surface area contributed by atoms with E-state index < -0.39 is 0 Å². The zero-order valence-corrected chi connectivity index (χ0v) is 20.3. The zero-order valence-electron chi connectivity index (χ0n) is 19.5. The second-order valence-electron chi connectivity index (χ2n) is 7.95. The molecule has 0 atom stereocenters. The summed E-state index contributed by atoms with van der Waals surface area (Å²) in [5.41, 5.74) is 2.07. The molecule has 8 heteroatoms. The Morgan fingerprint density at radius 2 is 1.78 bits per heavy atom. The predicted octanol–water partition coefficient (Wildman–Crippen LogP) is 4.13. The van der Waals surface area contributed by atoms with Gasteiger partial charge in [-0.3, -0.25) is 4.79 Å². The number of aryl methyl sites for hydroxylation is 2. The number of aromatic nitrogens is 2. The number of methoxy groups -OCH3 is 1. The molecule has 3 heterocycles. The topological polar surface area (TPSA) is 61.8 Å². The van der Waals surface area contributed by atoms with Crippen LogP contribution in [0.5, 0.6) is 5.75 Å². The van der Waals surface area contributed by atoms with Gasteiger partial charge in [-0.1, -0.05) is 12.1 Å². The van der Waals surface area contributed by atoms with Crippen LogP contribution in [0.2, 0.25) is 0 Å². The third-order valence-corrected chi connectivity index (χ3v) is 7.31.